The minimum atomic E-state index is -0.588. The molecular formula is C15H17N3O4S. The highest BCUT2D eigenvalue weighted by Gasteiger charge is 2.29. The molecule has 2 aromatic heterocycles. The third-order valence-corrected chi connectivity index (χ3v) is 4.71. The van der Waals surface area contributed by atoms with Gasteiger partial charge in [0.1, 0.15) is 17.7 Å². The largest absolute Gasteiger partial charge is 0.488 e. The minimum absolute atomic E-state index is 0.000705. The zero-order valence-electron chi connectivity index (χ0n) is 12.8. The number of carbonyl (C=O) groups excluding carboxylic acids is 2. The Morgan fingerprint density at radius 2 is 2.35 bits per heavy atom. The standard InChI is InChI=1S/C15H17N3O4S/c1-7-3-8(17-14(7)20)5-22-10-6-23-11-4-9(13(16)19)15(21-2)18-12(10)11/h4,6-8H,3,5H2,1-2H3,(H2,16,19)(H,17,20)/t7?,8-/m0/s1. The predicted molar refractivity (Wildman–Crippen MR) is 85.9 cm³/mol. The fraction of sp³-hybridized carbons (Fsp3) is 0.400. The molecular weight excluding hydrogens is 318 g/mol. The van der Waals surface area contributed by atoms with Crippen LogP contribution in [0.1, 0.15) is 23.7 Å². The van der Waals surface area contributed by atoms with Gasteiger partial charge in [0, 0.05) is 11.3 Å². The first-order chi connectivity index (χ1) is 11.0. The number of ether oxygens (including phenoxy) is 2. The van der Waals surface area contributed by atoms with Gasteiger partial charge in [-0.3, -0.25) is 9.59 Å². The highest BCUT2D eigenvalue weighted by Crippen LogP contribution is 2.34. The first-order valence-corrected chi connectivity index (χ1v) is 8.06. The average molecular weight is 335 g/mol. The Morgan fingerprint density at radius 3 is 2.96 bits per heavy atom. The number of hydrogen-bond donors (Lipinski definition) is 2. The van der Waals surface area contributed by atoms with Gasteiger partial charge >= 0.3 is 0 Å². The van der Waals surface area contributed by atoms with E-state index in [9.17, 15) is 9.59 Å². The van der Waals surface area contributed by atoms with E-state index in [4.69, 9.17) is 15.2 Å². The molecule has 1 fully saturated rings. The molecule has 1 saturated heterocycles. The average Bonchev–Trinajstić information content (AvgIpc) is 3.06. The molecule has 0 saturated carbocycles. The molecule has 2 atom stereocenters. The van der Waals surface area contributed by atoms with Gasteiger partial charge in [0.2, 0.25) is 11.8 Å². The van der Waals surface area contributed by atoms with Crippen molar-refractivity contribution >= 4 is 33.4 Å². The van der Waals surface area contributed by atoms with Crippen LogP contribution in [0.5, 0.6) is 11.6 Å². The molecule has 23 heavy (non-hydrogen) atoms. The van der Waals surface area contributed by atoms with Gasteiger partial charge in [0.15, 0.2) is 5.75 Å². The van der Waals surface area contributed by atoms with Crippen molar-refractivity contribution in [1.29, 1.82) is 0 Å². The molecule has 2 amide bonds. The molecule has 3 N–H and O–H groups in total. The summed E-state index contributed by atoms with van der Waals surface area (Å²) in [4.78, 5) is 27.3. The van der Waals surface area contributed by atoms with Crippen LogP contribution in [0.2, 0.25) is 0 Å². The van der Waals surface area contributed by atoms with E-state index in [-0.39, 0.29) is 29.3 Å². The molecule has 0 aromatic carbocycles. The molecule has 1 aliphatic heterocycles. The van der Waals surface area contributed by atoms with Gasteiger partial charge in [-0.2, -0.15) is 0 Å². The molecule has 1 aliphatic rings. The van der Waals surface area contributed by atoms with Crippen molar-refractivity contribution in [2.45, 2.75) is 19.4 Å². The smallest absolute Gasteiger partial charge is 0.254 e. The summed E-state index contributed by atoms with van der Waals surface area (Å²) in [5, 5.41) is 4.72. The van der Waals surface area contributed by atoms with Crippen LogP contribution >= 0.6 is 11.3 Å². The van der Waals surface area contributed by atoms with Crippen LogP contribution in [0, 0.1) is 5.92 Å². The number of primary amides is 1. The first-order valence-electron chi connectivity index (χ1n) is 7.18. The van der Waals surface area contributed by atoms with Crippen LogP contribution in [0.3, 0.4) is 0 Å². The summed E-state index contributed by atoms with van der Waals surface area (Å²) >= 11 is 1.41. The Labute approximate surface area is 136 Å². The SMILES string of the molecule is COc1nc2c(OC[C@@H]3CC(C)C(=O)N3)csc2cc1C(N)=O. The van der Waals surface area contributed by atoms with Crippen LogP contribution in [0.15, 0.2) is 11.4 Å². The van der Waals surface area contributed by atoms with Crippen LogP contribution in [-0.2, 0) is 4.79 Å². The lowest BCUT2D eigenvalue weighted by Gasteiger charge is -2.11. The second-order valence-electron chi connectivity index (χ2n) is 5.51. The molecule has 8 heteroatoms. The third kappa shape index (κ3) is 2.94. The molecule has 2 aromatic rings. The third-order valence-electron chi connectivity index (χ3n) is 3.81. The molecule has 0 aliphatic carbocycles. The Kier molecular flexibility index (Phi) is 4.08. The van der Waals surface area contributed by atoms with E-state index in [1.165, 1.54) is 18.4 Å². The van der Waals surface area contributed by atoms with Gasteiger partial charge in [-0.25, -0.2) is 4.98 Å². The molecule has 7 nitrogen and oxygen atoms in total. The zero-order chi connectivity index (χ0) is 16.6. The Balaban J connectivity index is 1.82. The van der Waals surface area contributed by atoms with Crippen molar-refractivity contribution < 1.29 is 19.1 Å². The maximum absolute atomic E-state index is 11.5. The summed E-state index contributed by atoms with van der Waals surface area (Å²) in [5.41, 5.74) is 6.19. The van der Waals surface area contributed by atoms with Crippen molar-refractivity contribution in [2.24, 2.45) is 11.7 Å². The predicted octanol–water partition coefficient (Wildman–Crippen LogP) is 1.31. The van der Waals surface area contributed by atoms with Crippen molar-refractivity contribution in [2.75, 3.05) is 13.7 Å². The van der Waals surface area contributed by atoms with Gasteiger partial charge in [0.05, 0.1) is 17.9 Å². The lowest BCUT2D eigenvalue weighted by Crippen LogP contribution is -2.31. The molecule has 1 unspecified atom stereocenters. The van der Waals surface area contributed by atoms with Gasteiger partial charge in [0.25, 0.3) is 5.91 Å². The van der Waals surface area contributed by atoms with Crippen LogP contribution in [0.25, 0.3) is 10.2 Å². The minimum Gasteiger partial charge on any atom is -0.488 e. The number of nitrogens with two attached hydrogens (primary N) is 1. The molecule has 0 spiro atoms. The number of pyridine rings is 1. The quantitative estimate of drug-likeness (QED) is 0.857. The van der Waals surface area contributed by atoms with E-state index < -0.39 is 5.91 Å². The van der Waals surface area contributed by atoms with Crippen molar-refractivity contribution in [3.63, 3.8) is 0 Å². The Morgan fingerprint density at radius 1 is 1.57 bits per heavy atom. The summed E-state index contributed by atoms with van der Waals surface area (Å²) in [6.07, 6.45) is 0.753. The van der Waals surface area contributed by atoms with Crippen molar-refractivity contribution in [3.05, 3.63) is 17.0 Å². The number of thiophene rings is 1. The summed E-state index contributed by atoms with van der Waals surface area (Å²) in [6.45, 7) is 2.27. The highest BCUT2D eigenvalue weighted by atomic mass is 32.1. The monoisotopic (exact) mass is 335 g/mol. The lowest BCUT2D eigenvalue weighted by molar-refractivity contribution is -0.122. The fourth-order valence-corrected chi connectivity index (χ4v) is 3.45. The van der Waals surface area contributed by atoms with Crippen LogP contribution in [-0.4, -0.2) is 36.6 Å². The number of fused-ring (bicyclic) bond motifs is 1. The maximum Gasteiger partial charge on any atom is 0.254 e. The van der Waals surface area contributed by atoms with Crippen molar-refractivity contribution in [1.82, 2.24) is 10.3 Å². The summed E-state index contributed by atoms with van der Waals surface area (Å²) in [7, 11) is 1.43. The summed E-state index contributed by atoms with van der Waals surface area (Å²) in [5.74, 6) is 0.262. The van der Waals surface area contributed by atoms with Gasteiger partial charge < -0.3 is 20.5 Å². The Hall–Kier alpha value is -2.35. The molecule has 122 valence electrons. The number of methoxy groups -OCH3 is 1. The zero-order valence-corrected chi connectivity index (χ0v) is 13.6. The van der Waals surface area contributed by atoms with Gasteiger partial charge in [-0.1, -0.05) is 6.92 Å². The number of nitrogens with one attached hydrogen (secondary N) is 1. The second-order valence-corrected chi connectivity index (χ2v) is 6.42. The second kappa shape index (κ2) is 6.04. The Bertz CT molecular complexity index is 773. The van der Waals surface area contributed by atoms with E-state index in [1.807, 2.05) is 12.3 Å². The maximum atomic E-state index is 11.5. The molecule has 0 bridgehead atoms. The summed E-state index contributed by atoms with van der Waals surface area (Å²) < 4.78 is 11.7. The van der Waals surface area contributed by atoms with Gasteiger partial charge in [-0.15, -0.1) is 11.3 Å². The molecule has 0 radical (unpaired) electrons. The van der Waals surface area contributed by atoms with E-state index in [0.717, 1.165) is 11.1 Å². The first kappa shape index (κ1) is 15.5. The van der Waals surface area contributed by atoms with E-state index in [1.54, 1.807) is 6.07 Å². The van der Waals surface area contributed by atoms with Crippen LogP contribution in [0.4, 0.5) is 0 Å². The van der Waals surface area contributed by atoms with E-state index >= 15 is 0 Å². The lowest BCUT2D eigenvalue weighted by atomic mass is 10.1. The fourth-order valence-electron chi connectivity index (χ4n) is 2.59. The number of carbonyl (C=O) groups is 2. The topological polar surface area (TPSA) is 104 Å². The van der Waals surface area contributed by atoms with E-state index in [2.05, 4.69) is 10.3 Å². The summed E-state index contributed by atoms with van der Waals surface area (Å²) in [6, 6.07) is 1.65. The van der Waals surface area contributed by atoms with Gasteiger partial charge in [-0.05, 0) is 12.5 Å². The normalized spacial score (nSPS) is 20.5. The van der Waals surface area contributed by atoms with Crippen LogP contribution < -0.4 is 20.5 Å². The highest BCUT2D eigenvalue weighted by molar-refractivity contribution is 7.17. The number of rotatable bonds is 5. The number of nitrogens with zero attached hydrogens (tertiary/aromatic N) is 1. The molecule has 3 heterocycles. The number of amides is 2. The molecule has 3 rings (SSSR count). The van der Waals surface area contributed by atoms with Crippen molar-refractivity contribution in [3.8, 4) is 11.6 Å². The van der Waals surface area contributed by atoms with E-state index in [0.29, 0.717) is 17.9 Å². The number of aromatic nitrogens is 1. The number of hydrogen-bond acceptors (Lipinski definition) is 6.